The Balaban J connectivity index is 1.53. The Morgan fingerprint density at radius 1 is 0.852 bits per heavy atom. The Kier molecular flexibility index (Phi) is 5.29. The van der Waals surface area contributed by atoms with Crippen molar-refractivity contribution in [1.29, 1.82) is 0 Å². The molecule has 0 saturated carbocycles. The van der Waals surface area contributed by atoms with E-state index in [-0.39, 0.29) is 0 Å². The number of fused-ring (bicyclic) bond motifs is 1. The predicted octanol–water partition coefficient (Wildman–Crippen LogP) is 5.54. The third-order valence-electron chi connectivity index (χ3n) is 5.02. The van der Waals surface area contributed by atoms with Crippen molar-refractivity contribution < 1.29 is 4.57 Å². The first-order chi connectivity index (χ1) is 13.3. The number of aryl methyl sites for hydroxylation is 1. The van der Waals surface area contributed by atoms with Gasteiger partial charge < -0.3 is 4.40 Å². The van der Waals surface area contributed by atoms with Crippen LogP contribution in [0, 0.1) is 0 Å². The third-order valence-corrected chi connectivity index (χ3v) is 5.02. The van der Waals surface area contributed by atoms with E-state index in [0.29, 0.717) is 0 Å². The highest BCUT2D eigenvalue weighted by molar-refractivity contribution is 5.69. The van der Waals surface area contributed by atoms with Crippen LogP contribution in [0.5, 0.6) is 0 Å². The van der Waals surface area contributed by atoms with Crippen molar-refractivity contribution in [3.8, 4) is 22.4 Å². The van der Waals surface area contributed by atoms with Crippen LogP contribution in [0.25, 0.3) is 28.0 Å². The second-order valence-corrected chi connectivity index (χ2v) is 7.06. The summed E-state index contributed by atoms with van der Waals surface area (Å²) in [6.45, 7) is 3.34. The molecule has 3 aromatic heterocycles. The SMILES string of the molecule is CCCCCC[n+]1ccc(-c2cn3ccc(-c4ccccc4)cc3n2)cc1. The van der Waals surface area contributed by atoms with E-state index in [1.165, 1.54) is 36.8 Å². The zero-order valence-corrected chi connectivity index (χ0v) is 15.9. The number of benzene rings is 1. The maximum absolute atomic E-state index is 4.84. The predicted molar refractivity (Wildman–Crippen MR) is 110 cm³/mol. The molecule has 1 aromatic carbocycles. The lowest BCUT2D eigenvalue weighted by Crippen LogP contribution is -2.32. The van der Waals surface area contributed by atoms with Crippen molar-refractivity contribution in [2.45, 2.75) is 39.2 Å². The third kappa shape index (κ3) is 4.08. The van der Waals surface area contributed by atoms with Crippen LogP contribution in [-0.4, -0.2) is 9.38 Å². The number of unbranched alkanes of at least 4 members (excludes halogenated alkanes) is 3. The number of hydrogen-bond donors (Lipinski definition) is 0. The Bertz CT molecular complexity index is 1000. The number of imidazole rings is 1. The van der Waals surface area contributed by atoms with Crippen LogP contribution in [0.1, 0.15) is 32.6 Å². The summed E-state index contributed by atoms with van der Waals surface area (Å²) < 4.78 is 4.36. The Morgan fingerprint density at radius 2 is 1.67 bits per heavy atom. The number of hydrogen-bond acceptors (Lipinski definition) is 1. The first-order valence-electron chi connectivity index (χ1n) is 9.87. The van der Waals surface area contributed by atoms with Gasteiger partial charge in [0, 0.05) is 36.5 Å². The van der Waals surface area contributed by atoms with Gasteiger partial charge in [0.25, 0.3) is 0 Å². The summed E-state index contributed by atoms with van der Waals surface area (Å²) >= 11 is 0. The van der Waals surface area contributed by atoms with E-state index in [4.69, 9.17) is 4.98 Å². The van der Waals surface area contributed by atoms with Gasteiger partial charge in [0.05, 0.1) is 5.69 Å². The van der Waals surface area contributed by atoms with E-state index in [9.17, 15) is 0 Å². The number of aromatic nitrogens is 3. The zero-order valence-electron chi connectivity index (χ0n) is 15.9. The molecular formula is C24H26N3+. The maximum Gasteiger partial charge on any atom is 0.169 e. The summed E-state index contributed by atoms with van der Waals surface area (Å²) in [7, 11) is 0. The lowest BCUT2D eigenvalue weighted by molar-refractivity contribution is -0.697. The highest BCUT2D eigenvalue weighted by Crippen LogP contribution is 2.23. The van der Waals surface area contributed by atoms with Gasteiger partial charge in [-0.05, 0) is 29.7 Å². The Labute approximate surface area is 161 Å². The van der Waals surface area contributed by atoms with Gasteiger partial charge >= 0.3 is 0 Å². The molecule has 0 fully saturated rings. The molecular weight excluding hydrogens is 330 g/mol. The molecule has 4 rings (SSSR count). The van der Waals surface area contributed by atoms with Crippen LogP contribution in [0.2, 0.25) is 0 Å². The van der Waals surface area contributed by atoms with Crippen molar-refractivity contribution in [2.24, 2.45) is 0 Å². The molecule has 27 heavy (non-hydrogen) atoms. The second kappa shape index (κ2) is 8.17. The van der Waals surface area contributed by atoms with E-state index in [1.54, 1.807) is 0 Å². The van der Waals surface area contributed by atoms with E-state index in [1.807, 2.05) is 6.07 Å². The normalized spacial score (nSPS) is 11.1. The average molecular weight is 356 g/mol. The van der Waals surface area contributed by atoms with Crippen LogP contribution in [0.15, 0.2) is 79.4 Å². The topological polar surface area (TPSA) is 21.2 Å². The number of nitrogens with zero attached hydrogens (tertiary/aromatic N) is 3. The van der Waals surface area contributed by atoms with Crippen molar-refractivity contribution in [3.05, 3.63) is 79.4 Å². The molecule has 3 heteroatoms. The molecule has 0 saturated heterocycles. The first-order valence-corrected chi connectivity index (χ1v) is 9.87. The van der Waals surface area contributed by atoms with Gasteiger partial charge in [0.2, 0.25) is 0 Å². The fourth-order valence-electron chi connectivity index (χ4n) is 3.43. The minimum absolute atomic E-state index is 0.975. The zero-order chi connectivity index (χ0) is 18.5. The van der Waals surface area contributed by atoms with E-state index < -0.39 is 0 Å². The average Bonchev–Trinajstić information content (AvgIpc) is 3.16. The summed E-state index contributed by atoms with van der Waals surface area (Å²) in [5.41, 5.74) is 5.55. The first kappa shape index (κ1) is 17.5. The lowest BCUT2D eigenvalue weighted by atomic mass is 10.1. The van der Waals surface area contributed by atoms with Gasteiger partial charge in [-0.3, -0.25) is 0 Å². The highest BCUT2D eigenvalue weighted by atomic mass is 15.0. The molecule has 0 N–H and O–H groups in total. The van der Waals surface area contributed by atoms with Crippen LogP contribution in [-0.2, 0) is 6.54 Å². The summed E-state index contributed by atoms with van der Waals surface area (Å²) in [5, 5.41) is 0. The van der Waals surface area contributed by atoms with Crippen molar-refractivity contribution in [2.75, 3.05) is 0 Å². The summed E-state index contributed by atoms with van der Waals surface area (Å²) in [5.74, 6) is 0. The molecule has 3 heterocycles. The van der Waals surface area contributed by atoms with Crippen LogP contribution < -0.4 is 4.57 Å². The highest BCUT2D eigenvalue weighted by Gasteiger charge is 2.08. The van der Waals surface area contributed by atoms with E-state index in [2.05, 4.69) is 89.2 Å². The van der Waals surface area contributed by atoms with Crippen LogP contribution >= 0.6 is 0 Å². The molecule has 0 unspecified atom stereocenters. The van der Waals surface area contributed by atoms with Crippen LogP contribution in [0.4, 0.5) is 0 Å². The molecule has 0 aliphatic carbocycles. The maximum atomic E-state index is 4.84. The largest absolute Gasteiger partial charge is 0.306 e. The van der Waals surface area contributed by atoms with Gasteiger partial charge in [-0.1, -0.05) is 50.1 Å². The standard InChI is InChI=1S/C24H26N3/c1-2-3-4-8-14-26-15-11-21(12-16-26)23-19-27-17-13-22(18-24(27)25-23)20-9-6-5-7-10-20/h5-7,9-13,15-19H,2-4,8,14H2,1H3/q+1. The van der Waals surface area contributed by atoms with Crippen molar-refractivity contribution in [3.63, 3.8) is 0 Å². The van der Waals surface area contributed by atoms with Crippen LogP contribution in [0.3, 0.4) is 0 Å². The molecule has 0 bridgehead atoms. The fraction of sp³-hybridized carbons (Fsp3) is 0.250. The molecule has 0 amide bonds. The Morgan fingerprint density at radius 3 is 2.44 bits per heavy atom. The fourth-order valence-corrected chi connectivity index (χ4v) is 3.43. The summed E-state index contributed by atoms with van der Waals surface area (Å²) in [4.78, 5) is 4.84. The number of pyridine rings is 2. The molecule has 0 aliphatic rings. The van der Waals surface area contributed by atoms with Crippen molar-refractivity contribution >= 4 is 5.65 Å². The summed E-state index contributed by atoms with van der Waals surface area (Å²) in [6.07, 6.45) is 13.7. The minimum Gasteiger partial charge on any atom is -0.306 e. The minimum atomic E-state index is 0.975. The Hall–Kier alpha value is -2.94. The molecule has 0 radical (unpaired) electrons. The molecule has 0 atom stereocenters. The summed E-state index contributed by atoms with van der Waals surface area (Å²) in [6, 6.07) is 19.1. The van der Waals surface area contributed by atoms with Gasteiger partial charge in [0.1, 0.15) is 12.2 Å². The lowest BCUT2D eigenvalue weighted by Gasteiger charge is -2.01. The van der Waals surface area contributed by atoms with Crippen molar-refractivity contribution in [1.82, 2.24) is 9.38 Å². The molecule has 136 valence electrons. The van der Waals surface area contributed by atoms with Gasteiger partial charge in [-0.2, -0.15) is 0 Å². The molecule has 3 nitrogen and oxygen atoms in total. The van der Waals surface area contributed by atoms with Gasteiger partial charge in [-0.15, -0.1) is 0 Å². The van der Waals surface area contributed by atoms with E-state index >= 15 is 0 Å². The van der Waals surface area contributed by atoms with Gasteiger partial charge in [-0.25, -0.2) is 9.55 Å². The molecule has 0 spiro atoms. The quantitative estimate of drug-likeness (QED) is 0.315. The molecule has 4 aromatic rings. The van der Waals surface area contributed by atoms with E-state index in [0.717, 1.165) is 23.4 Å². The second-order valence-electron chi connectivity index (χ2n) is 7.06. The monoisotopic (exact) mass is 356 g/mol. The molecule has 0 aliphatic heterocycles. The smallest absolute Gasteiger partial charge is 0.169 e. The number of rotatable bonds is 7. The van der Waals surface area contributed by atoms with Gasteiger partial charge in [0.15, 0.2) is 12.4 Å².